The molecule has 0 amide bonds. The van der Waals surface area contributed by atoms with E-state index < -0.39 is 0 Å². The van der Waals surface area contributed by atoms with Gasteiger partial charge in [-0.05, 0) is 51.8 Å². The first-order chi connectivity index (χ1) is 8.72. The largest absolute Gasteiger partial charge is 0.465 e. The molecule has 0 bridgehead atoms. The van der Waals surface area contributed by atoms with Gasteiger partial charge < -0.3 is 4.74 Å². The van der Waals surface area contributed by atoms with Gasteiger partial charge >= 0.3 is 0 Å². The summed E-state index contributed by atoms with van der Waals surface area (Å²) in [6, 6.07) is 9.62. The summed E-state index contributed by atoms with van der Waals surface area (Å²) in [6.07, 6.45) is 5.66. The molecule has 3 rings (SSSR count). The van der Waals surface area contributed by atoms with E-state index in [9.17, 15) is 0 Å². The van der Waals surface area contributed by atoms with Gasteiger partial charge in [0.05, 0.1) is 0 Å². The molecule has 0 saturated carbocycles. The van der Waals surface area contributed by atoms with E-state index in [-0.39, 0.29) is 6.10 Å². The maximum atomic E-state index is 5.87. The van der Waals surface area contributed by atoms with Crippen LogP contribution in [0.1, 0.15) is 17.2 Å². The van der Waals surface area contributed by atoms with E-state index in [1.807, 2.05) is 42.5 Å². The van der Waals surface area contributed by atoms with Gasteiger partial charge in [-0.15, -0.1) is 0 Å². The van der Waals surface area contributed by atoms with E-state index in [0.29, 0.717) is 5.88 Å². The van der Waals surface area contributed by atoms with Crippen LogP contribution in [0.2, 0.25) is 5.02 Å². The fourth-order valence-electron chi connectivity index (χ4n) is 1.84. The zero-order chi connectivity index (χ0) is 12.5. The summed E-state index contributed by atoms with van der Waals surface area (Å²) in [5.74, 6) is 0.653. The predicted molar refractivity (Wildman–Crippen MR) is 75.8 cm³/mol. The van der Waals surface area contributed by atoms with Crippen molar-refractivity contribution in [3.05, 3.63) is 63.2 Å². The third-order valence-corrected chi connectivity index (χ3v) is 3.42. The standard InChI is InChI=1S/C14H9BrClNO/c15-11-7-10-3-6-13(18-14(10)17-8-11)9-1-4-12(16)5-2-9/h1-8,13H. The third kappa shape index (κ3) is 2.28. The van der Waals surface area contributed by atoms with Crippen molar-refractivity contribution in [1.82, 2.24) is 4.98 Å². The third-order valence-electron chi connectivity index (χ3n) is 2.73. The van der Waals surface area contributed by atoms with E-state index >= 15 is 0 Å². The molecular formula is C14H9BrClNO. The highest BCUT2D eigenvalue weighted by Gasteiger charge is 2.17. The van der Waals surface area contributed by atoms with Crippen molar-refractivity contribution in [3.63, 3.8) is 0 Å². The molecule has 90 valence electrons. The van der Waals surface area contributed by atoms with E-state index in [4.69, 9.17) is 16.3 Å². The summed E-state index contributed by atoms with van der Waals surface area (Å²) in [6.45, 7) is 0. The van der Waals surface area contributed by atoms with Crippen LogP contribution in [0.15, 0.2) is 47.1 Å². The summed E-state index contributed by atoms with van der Waals surface area (Å²) in [5, 5.41) is 0.723. The first-order valence-electron chi connectivity index (χ1n) is 5.48. The number of benzene rings is 1. The van der Waals surface area contributed by atoms with Gasteiger partial charge in [0, 0.05) is 21.3 Å². The van der Waals surface area contributed by atoms with Gasteiger partial charge in [-0.1, -0.05) is 23.7 Å². The molecule has 4 heteroatoms. The van der Waals surface area contributed by atoms with Gasteiger partial charge in [-0.3, -0.25) is 0 Å². The van der Waals surface area contributed by atoms with Gasteiger partial charge in [-0.25, -0.2) is 4.98 Å². The lowest BCUT2D eigenvalue weighted by Crippen LogP contribution is -2.09. The van der Waals surface area contributed by atoms with Crippen molar-refractivity contribution in [3.8, 4) is 5.88 Å². The Morgan fingerprint density at radius 1 is 1.22 bits per heavy atom. The van der Waals surface area contributed by atoms with E-state index in [2.05, 4.69) is 20.9 Å². The number of halogens is 2. The molecule has 0 radical (unpaired) electrons. The molecule has 0 spiro atoms. The fraction of sp³-hybridized carbons (Fsp3) is 0.0714. The fourth-order valence-corrected chi connectivity index (χ4v) is 2.32. The Morgan fingerprint density at radius 3 is 2.78 bits per heavy atom. The van der Waals surface area contributed by atoms with Gasteiger partial charge in [0.15, 0.2) is 0 Å². The number of aromatic nitrogens is 1. The molecule has 1 aromatic carbocycles. The first kappa shape index (κ1) is 11.8. The predicted octanol–water partition coefficient (Wildman–Crippen LogP) is 4.64. The van der Waals surface area contributed by atoms with Crippen molar-refractivity contribution in [2.45, 2.75) is 6.10 Å². The molecular weight excluding hydrogens is 314 g/mol. The van der Waals surface area contributed by atoms with Crippen LogP contribution in [0.25, 0.3) is 6.08 Å². The Kier molecular flexibility index (Phi) is 3.10. The molecule has 0 saturated heterocycles. The number of rotatable bonds is 1. The van der Waals surface area contributed by atoms with E-state index in [1.165, 1.54) is 0 Å². The quantitative estimate of drug-likeness (QED) is 0.763. The van der Waals surface area contributed by atoms with Crippen LogP contribution in [0.3, 0.4) is 0 Å². The number of nitrogens with zero attached hydrogens (tertiary/aromatic N) is 1. The summed E-state index contributed by atoms with van der Waals surface area (Å²) in [4.78, 5) is 4.27. The highest BCUT2D eigenvalue weighted by Crippen LogP contribution is 2.32. The number of ether oxygens (including phenoxy) is 1. The Labute approximate surface area is 118 Å². The van der Waals surface area contributed by atoms with Crippen LogP contribution >= 0.6 is 27.5 Å². The number of fused-ring (bicyclic) bond motifs is 1. The van der Waals surface area contributed by atoms with Gasteiger partial charge in [-0.2, -0.15) is 0 Å². The van der Waals surface area contributed by atoms with Crippen LogP contribution in [0.5, 0.6) is 5.88 Å². The molecule has 0 fully saturated rings. The Morgan fingerprint density at radius 2 is 2.00 bits per heavy atom. The minimum absolute atomic E-state index is 0.108. The van der Waals surface area contributed by atoms with Crippen LogP contribution in [0.4, 0.5) is 0 Å². The monoisotopic (exact) mass is 321 g/mol. The average Bonchev–Trinajstić information content (AvgIpc) is 2.39. The smallest absolute Gasteiger partial charge is 0.221 e. The maximum absolute atomic E-state index is 5.87. The molecule has 1 atom stereocenters. The van der Waals surface area contributed by atoms with Gasteiger partial charge in [0.2, 0.25) is 5.88 Å². The lowest BCUT2D eigenvalue weighted by Gasteiger charge is -2.20. The minimum atomic E-state index is -0.108. The molecule has 0 aliphatic carbocycles. The van der Waals surface area contributed by atoms with Crippen LogP contribution in [-0.4, -0.2) is 4.98 Å². The lowest BCUT2D eigenvalue weighted by molar-refractivity contribution is 0.241. The second-order valence-electron chi connectivity index (χ2n) is 4.00. The summed E-state index contributed by atoms with van der Waals surface area (Å²) >= 11 is 9.26. The van der Waals surface area contributed by atoms with E-state index in [1.54, 1.807) is 6.20 Å². The van der Waals surface area contributed by atoms with Crippen molar-refractivity contribution in [2.24, 2.45) is 0 Å². The molecule has 2 heterocycles. The van der Waals surface area contributed by atoms with Crippen LogP contribution < -0.4 is 4.74 Å². The normalized spacial score (nSPS) is 17.1. The SMILES string of the molecule is Clc1ccc(C2C=Cc3cc(Br)cnc3O2)cc1. The van der Waals surface area contributed by atoms with Crippen LogP contribution in [-0.2, 0) is 0 Å². The molecule has 1 aromatic heterocycles. The molecule has 2 nitrogen and oxygen atoms in total. The Hall–Kier alpha value is -1.32. The summed E-state index contributed by atoms with van der Waals surface area (Å²) < 4.78 is 6.79. The number of pyridine rings is 1. The summed E-state index contributed by atoms with van der Waals surface area (Å²) in [5.41, 5.74) is 2.04. The van der Waals surface area contributed by atoms with Crippen LogP contribution in [0, 0.1) is 0 Å². The second kappa shape index (κ2) is 4.75. The highest BCUT2D eigenvalue weighted by atomic mass is 79.9. The second-order valence-corrected chi connectivity index (χ2v) is 5.35. The van der Waals surface area contributed by atoms with Crippen molar-refractivity contribution in [1.29, 1.82) is 0 Å². The molecule has 0 N–H and O–H groups in total. The van der Waals surface area contributed by atoms with E-state index in [0.717, 1.165) is 20.6 Å². The topological polar surface area (TPSA) is 22.1 Å². The Bertz CT molecular complexity index is 610. The first-order valence-corrected chi connectivity index (χ1v) is 6.65. The van der Waals surface area contributed by atoms with Gasteiger partial charge in [0.25, 0.3) is 0 Å². The molecule has 18 heavy (non-hydrogen) atoms. The van der Waals surface area contributed by atoms with Crippen molar-refractivity contribution in [2.75, 3.05) is 0 Å². The zero-order valence-electron chi connectivity index (χ0n) is 9.31. The molecule has 2 aromatic rings. The number of hydrogen-bond acceptors (Lipinski definition) is 2. The summed E-state index contributed by atoms with van der Waals surface area (Å²) in [7, 11) is 0. The average molecular weight is 323 g/mol. The molecule has 1 aliphatic rings. The highest BCUT2D eigenvalue weighted by molar-refractivity contribution is 9.10. The van der Waals surface area contributed by atoms with Crippen molar-refractivity contribution < 1.29 is 4.74 Å². The van der Waals surface area contributed by atoms with Gasteiger partial charge in [0.1, 0.15) is 6.10 Å². The number of hydrogen-bond donors (Lipinski definition) is 0. The minimum Gasteiger partial charge on any atom is -0.465 e. The molecule has 1 unspecified atom stereocenters. The maximum Gasteiger partial charge on any atom is 0.221 e. The Balaban J connectivity index is 1.92. The zero-order valence-corrected chi connectivity index (χ0v) is 11.6. The lowest BCUT2D eigenvalue weighted by atomic mass is 10.1. The molecule has 1 aliphatic heterocycles. The van der Waals surface area contributed by atoms with Crippen molar-refractivity contribution >= 4 is 33.6 Å².